The molecule has 1 fully saturated rings. The molecule has 1 saturated heterocycles. The molecule has 0 aliphatic carbocycles. The van der Waals surface area contributed by atoms with Gasteiger partial charge in [0.1, 0.15) is 18.3 Å². The van der Waals surface area contributed by atoms with Crippen LogP contribution in [-0.2, 0) is 14.3 Å². The Morgan fingerprint density at radius 3 is 2.65 bits per heavy atom. The first-order valence-electron chi connectivity index (χ1n) is 7.12. The van der Waals surface area contributed by atoms with Gasteiger partial charge in [0.25, 0.3) is 0 Å². The number of hydrogen-bond donors (Lipinski definition) is 5. The van der Waals surface area contributed by atoms with Crippen LogP contribution in [0.3, 0.4) is 0 Å². The van der Waals surface area contributed by atoms with Gasteiger partial charge >= 0.3 is 12.0 Å². The largest absolute Gasteiger partial charge is 0.460 e. The highest BCUT2D eigenvalue weighted by molar-refractivity contribution is 5.90. The Kier molecular flexibility index (Phi) is 4.92. The summed E-state index contributed by atoms with van der Waals surface area (Å²) >= 11 is 0. The molecule has 0 radical (unpaired) electrons. The van der Waals surface area contributed by atoms with Crippen molar-refractivity contribution in [1.82, 2.24) is 10.2 Å². The number of rotatable bonds is 4. The molecular weight excluding hydrogens is 310 g/mol. The van der Waals surface area contributed by atoms with Gasteiger partial charge in [0, 0.05) is 6.20 Å². The van der Waals surface area contributed by atoms with E-state index in [4.69, 9.17) is 20.3 Å². The fourth-order valence-corrected chi connectivity index (χ4v) is 2.29. The first kappa shape index (κ1) is 17.6. The Morgan fingerprint density at radius 1 is 1.52 bits per heavy atom. The van der Waals surface area contributed by atoms with Gasteiger partial charge in [-0.1, -0.05) is 0 Å². The summed E-state index contributed by atoms with van der Waals surface area (Å²) in [5.41, 5.74) is 3.97. The maximum Gasteiger partial charge on any atom is 0.351 e. The number of aliphatic hydroxyl groups excluding tert-OH is 3. The molecule has 5 atom stereocenters. The second-order valence-corrected chi connectivity index (χ2v) is 5.71. The molecule has 2 aliphatic heterocycles. The number of carbonyl (C=O) groups is 2. The zero-order valence-electron chi connectivity index (χ0n) is 12.7. The number of esters is 1. The van der Waals surface area contributed by atoms with Crippen molar-refractivity contribution in [2.45, 2.75) is 50.2 Å². The molecule has 6 N–H and O–H groups in total. The number of hydrogen-bond acceptors (Lipinski definition) is 8. The van der Waals surface area contributed by atoms with Crippen LogP contribution in [0.5, 0.6) is 0 Å². The predicted molar refractivity (Wildman–Crippen MR) is 75.4 cm³/mol. The van der Waals surface area contributed by atoms with E-state index < -0.39 is 54.9 Å². The molecule has 23 heavy (non-hydrogen) atoms. The molecule has 0 saturated carbocycles. The number of urea groups is 1. The van der Waals surface area contributed by atoms with Crippen molar-refractivity contribution < 1.29 is 34.4 Å². The van der Waals surface area contributed by atoms with Crippen LogP contribution in [0, 0.1) is 0 Å². The number of amides is 2. The quantitative estimate of drug-likeness (QED) is 0.356. The zero-order chi connectivity index (χ0) is 17.4. The average Bonchev–Trinajstić information content (AvgIpc) is 2.74. The van der Waals surface area contributed by atoms with Crippen molar-refractivity contribution in [3.8, 4) is 0 Å². The highest BCUT2D eigenvalue weighted by atomic mass is 16.6. The molecule has 0 bridgehead atoms. The number of nitrogens with two attached hydrogens (primary N) is 1. The van der Waals surface area contributed by atoms with Gasteiger partial charge in [-0.2, -0.15) is 0 Å². The number of nitrogens with zero attached hydrogens (tertiary/aromatic N) is 1. The molecule has 10 heteroatoms. The van der Waals surface area contributed by atoms with Crippen LogP contribution in [0.4, 0.5) is 4.79 Å². The lowest BCUT2D eigenvalue weighted by atomic mass is 10.1. The molecular formula is C13H21N3O7. The minimum Gasteiger partial charge on any atom is -0.460 e. The molecule has 0 spiro atoms. The van der Waals surface area contributed by atoms with Crippen LogP contribution < -0.4 is 11.1 Å². The van der Waals surface area contributed by atoms with E-state index in [1.54, 1.807) is 13.8 Å². The molecule has 0 aromatic rings. The fraction of sp³-hybridized carbons (Fsp3) is 0.692. The van der Waals surface area contributed by atoms with Crippen molar-refractivity contribution in [1.29, 1.82) is 0 Å². The number of nitrogens with one attached hydrogen (secondary N) is 1. The number of ether oxygens (including phenoxy) is 2. The van der Waals surface area contributed by atoms with E-state index in [9.17, 15) is 19.8 Å². The maximum absolute atomic E-state index is 12.2. The molecule has 2 amide bonds. The second kappa shape index (κ2) is 6.42. The van der Waals surface area contributed by atoms with E-state index in [-0.39, 0.29) is 0 Å². The van der Waals surface area contributed by atoms with Crippen molar-refractivity contribution in [2.75, 3.05) is 6.61 Å². The van der Waals surface area contributed by atoms with Crippen LogP contribution >= 0.6 is 0 Å². The summed E-state index contributed by atoms with van der Waals surface area (Å²) in [4.78, 5) is 25.0. The molecule has 0 aromatic heterocycles. The second-order valence-electron chi connectivity index (χ2n) is 5.71. The zero-order valence-corrected chi connectivity index (χ0v) is 12.7. The summed E-state index contributed by atoms with van der Waals surface area (Å²) in [7, 11) is 0. The van der Waals surface area contributed by atoms with Crippen molar-refractivity contribution in [2.24, 2.45) is 5.73 Å². The molecule has 130 valence electrons. The number of aliphatic hydroxyl groups is 3. The van der Waals surface area contributed by atoms with Gasteiger partial charge in [-0.3, -0.25) is 10.6 Å². The Balaban J connectivity index is 2.15. The normalized spacial score (nSPS) is 37.2. The molecule has 1 unspecified atom stereocenters. The molecule has 2 heterocycles. The maximum atomic E-state index is 12.2. The van der Waals surface area contributed by atoms with E-state index >= 15 is 0 Å². The van der Waals surface area contributed by atoms with Crippen molar-refractivity contribution in [3.63, 3.8) is 0 Å². The topological polar surface area (TPSA) is 155 Å². The third-order valence-electron chi connectivity index (χ3n) is 3.52. The SMILES string of the molecule is CC(C)OC(=O)C1(N)C=CN([C@@H]2O[C@H](CO)[C@@H](O)[C@H]2O)C(=O)N1. The van der Waals surface area contributed by atoms with Crippen LogP contribution in [0.2, 0.25) is 0 Å². The van der Waals surface area contributed by atoms with Gasteiger partial charge in [-0.15, -0.1) is 0 Å². The van der Waals surface area contributed by atoms with Crippen molar-refractivity contribution >= 4 is 12.0 Å². The Hall–Kier alpha value is -1.72. The molecule has 2 rings (SSSR count). The average molecular weight is 331 g/mol. The Bertz CT molecular complexity index is 512. The van der Waals surface area contributed by atoms with E-state index in [1.807, 2.05) is 0 Å². The summed E-state index contributed by atoms with van der Waals surface area (Å²) in [6.45, 7) is 2.76. The van der Waals surface area contributed by atoms with Crippen LogP contribution in [0.15, 0.2) is 12.3 Å². The first-order valence-corrected chi connectivity index (χ1v) is 7.12. The summed E-state index contributed by atoms with van der Waals surface area (Å²) < 4.78 is 10.2. The van der Waals surface area contributed by atoms with E-state index in [0.29, 0.717) is 0 Å². The van der Waals surface area contributed by atoms with Gasteiger partial charge in [0.15, 0.2) is 6.23 Å². The smallest absolute Gasteiger partial charge is 0.351 e. The fourth-order valence-electron chi connectivity index (χ4n) is 2.29. The van der Waals surface area contributed by atoms with E-state index in [0.717, 1.165) is 4.90 Å². The van der Waals surface area contributed by atoms with Gasteiger partial charge in [-0.25, -0.2) is 9.59 Å². The van der Waals surface area contributed by atoms with Crippen molar-refractivity contribution in [3.05, 3.63) is 12.3 Å². The predicted octanol–water partition coefficient (Wildman–Crippen LogP) is -2.43. The molecule has 2 aliphatic rings. The third kappa shape index (κ3) is 3.31. The monoisotopic (exact) mass is 331 g/mol. The van der Waals surface area contributed by atoms with Gasteiger partial charge in [-0.05, 0) is 19.9 Å². The van der Waals surface area contributed by atoms with Crippen LogP contribution in [0.25, 0.3) is 0 Å². The lowest BCUT2D eigenvalue weighted by molar-refractivity contribution is -0.153. The van der Waals surface area contributed by atoms with E-state index in [2.05, 4.69) is 5.32 Å². The van der Waals surface area contributed by atoms with Gasteiger partial charge in [0.05, 0.1) is 12.7 Å². The number of carbonyl (C=O) groups excluding carboxylic acids is 2. The summed E-state index contributed by atoms with van der Waals surface area (Å²) in [6, 6.07) is -0.814. The Morgan fingerprint density at radius 2 is 2.17 bits per heavy atom. The van der Waals surface area contributed by atoms with Crippen LogP contribution in [-0.4, -0.2) is 75.1 Å². The molecule has 10 nitrogen and oxygen atoms in total. The van der Waals surface area contributed by atoms with E-state index in [1.165, 1.54) is 12.3 Å². The summed E-state index contributed by atoms with van der Waals surface area (Å²) in [5, 5.41) is 31.0. The van der Waals surface area contributed by atoms with Crippen LogP contribution in [0.1, 0.15) is 13.8 Å². The highest BCUT2D eigenvalue weighted by Crippen LogP contribution is 2.26. The standard InChI is InChI=1S/C13H21N3O7/c1-6(2)22-11(20)13(14)3-4-16(12(21)15-13)10-9(19)8(18)7(5-17)23-10/h3-4,6-10,17-19H,5,14H2,1-2H3,(H,15,21)/t7-,8-,9-,10-,13?/m1/s1. The molecule has 0 aromatic carbocycles. The first-order chi connectivity index (χ1) is 10.7. The van der Waals surface area contributed by atoms with Gasteiger partial charge in [0.2, 0.25) is 5.66 Å². The lowest BCUT2D eigenvalue weighted by Crippen LogP contribution is -2.67. The minimum atomic E-state index is -1.84. The minimum absolute atomic E-state index is 0.410. The highest BCUT2D eigenvalue weighted by Gasteiger charge is 2.49. The summed E-state index contributed by atoms with van der Waals surface area (Å²) in [5.74, 6) is -0.835. The lowest BCUT2D eigenvalue weighted by Gasteiger charge is -2.36. The summed E-state index contributed by atoms with van der Waals surface area (Å²) in [6.07, 6.45) is -3.06. The third-order valence-corrected chi connectivity index (χ3v) is 3.52. The van der Waals surface area contributed by atoms with Gasteiger partial charge < -0.3 is 30.1 Å². The Labute approximate surface area is 132 Å².